The number of para-hydroxylation sites is 1. The second-order valence-electron chi connectivity index (χ2n) is 2.63. The van der Waals surface area contributed by atoms with Crippen molar-refractivity contribution in [3.8, 4) is 5.75 Å². The minimum absolute atomic E-state index is 0. The Labute approximate surface area is 95.6 Å². The summed E-state index contributed by atoms with van der Waals surface area (Å²) in [5.41, 5.74) is 0. The van der Waals surface area contributed by atoms with Crippen LogP contribution in [0.4, 0.5) is 4.39 Å². The topological polar surface area (TPSA) is 20.2 Å². The SMILES string of the molecule is Fc1ccccc1.Oc1ccccc1.S. The molecule has 0 amide bonds. The van der Waals surface area contributed by atoms with Gasteiger partial charge in [-0.05, 0) is 24.3 Å². The van der Waals surface area contributed by atoms with E-state index in [0.29, 0.717) is 5.75 Å². The van der Waals surface area contributed by atoms with E-state index in [9.17, 15) is 4.39 Å². The minimum atomic E-state index is -0.178. The number of halogens is 1. The van der Waals surface area contributed by atoms with Crippen LogP contribution in [0.5, 0.6) is 5.75 Å². The second-order valence-corrected chi connectivity index (χ2v) is 2.63. The molecule has 0 atom stereocenters. The molecule has 2 rings (SSSR count). The van der Waals surface area contributed by atoms with Crippen molar-refractivity contribution in [2.45, 2.75) is 0 Å². The van der Waals surface area contributed by atoms with E-state index in [-0.39, 0.29) is 19.3 Å². The summed E-state index contributed by atoms with van der Waals surface area (Å²) in [6.07, 6.45) is 0. The standard InChI is InChI=1S/C6H5F.C6H6O.H2S/c2*7-6-4-2-1-3-5-6;/h1-5H;1-5,7H;1H2. The van der Waals surface area contributed by atoms with Gasteiger partial charge in [0.25, 0.3) is 0 Å². The van der Waals surface area contributed by atoms with Crippen LogP contribution in [-0.2, 0) is 0 Å². The molecule has 3 heteroatoms. The summed E-state index contributed by atoms with van der Waals surface area (Å²) in [6, 6.07) is 16.7. The maximum absolute atomic E-state index is 11.9. The van der Waals surface area contributed by atoms with Gasteiger partial charge in [-0.1, -0.05) is 36.4 Å². The van der Waals surface area contributed by atoms with Gasteiger partial charge >= 0.3 is 0 Å². The average molecular weight is 224 g/mol. The van der Waals surface area contributed by atoms with Crippen molar-refractivity contribution in [1.82, 2.24) is 0 Å². The molecule has 2 aromatic carbocycles. The lowest BCUT2D eigenvalue weighted by Crippen LogP contribution is -1.63. The maximum atomic E-state index is 11.9. The summed E-state index contributed by atoms with van der Waals surface area (Å²) in [6.45, 7) is 0. The van der Waals surface area contributed by atoms with E-state index in [1.807, 2.05) is 6.07 Å². The van der Waals surface area contributed by atoms with E-state index in [4.69, 9.17) is 5.11 Å². The van der Waals surface area contributed by atoms with Crippen LogP contribution in [0.3, 0.4) is 0 Å². The smallest absolute Gasteiger partial charge is 0.123 e. The van der Waals surface area contributed by atoms with Gasteiger partial charge in [0, 0.05) is 0 Å². The third-order valence-corrected chi connectivity index (χ3v) is 1.49. The normalized spacial score (nSPS) is 8.07. The van der Waals surface area contributed by atoms with Crippen LogP contribution in [0.25, 0.3) is 0 Å². The first-order valence-electron chi connectivity index (χ1n) is 4.23. The van der Waals surface area contributed by atoms with Crippen LogP contribution in [-0.4, -0.2) is 5.11 Å². The Kier molecular flexibility index (Phi) is 7.10. The summed E-state index contributed by atoms with van der Waals surface area (Å²) in [4.78, 5) is 0. The largest absolute Gasteiger partial charge is 0.508 e. The molecule has 0 bridgehead atoms. The molecule has 2 aromatic rings. The highest BCUT2D eigenvalue weighted by atomic mass is 32.1. The van der Waals surface area contributed by atoms with Crippen LogP contribution in [0.1, 0.15) is 0 Å². The van der Waals surface area contributed by atoms with E-state index >= 15 is 0 Å². The number of phenolic OH excluding ortho intramolecular Hbond substituents is 1. The van der Waals surface area contributed by atoms with E-state index < -0.39 is 0 Å². The first-order valence-corrected chi connectivity index (χ1v) is 4.23. The number of phenols is 1. The molecule has 0 aromatic heterocycles. The van der Waals surface area contributed by atoms with Crippen LogP contribution in [0, 0.1) is 5.82 Å². The highest BCUT2D eigenvalue weighted by Crippen LogP contribution is 2.02. The number of benzene rings is 2. The Morgan fingerprint density at radius 3 is 1.33 bits per heavy atom. The Morgan fingerprint density at radius 1 is 0.733 bits per heavy atom. The lowest BCUT2D eigenvalue weighted by Gasteiger charge is -1.82. The van der Waals surface area contributed by atoms with Crippen LogP contribution < -0.4 is 0 Å². The molecular formula is C12H13FOS. The van der Waals surface area contributed by atoms with Gasteiger partial charge in [0.1, 0.15) is 11.6 Å². The molecule has 0 aliphatic carbocycles. The molecule has 0 unspecified atom stereocenters. The Bertz CT molecular complexity index is 313. The Morgan fingerprint density at radius 2 is 1.13 bits per heavy atom. The molecule has 1 N–H and O–H groups in total. The lowest BCUT2D eigenvalue weighted by atomic mass is 10.3. The third-order valence-electron chi connectivity index (χ3n) is 1.49. The first kappa shape index (κ1) is 13.5. The van der Waals surface area contributed by atoms with Gasteiger partial charge < -0.3 is 5.11 Å². The van der Waals surface area contributed by atoms with Crippen molar-refractivity contribution in [3.05, 3.63) is 66.5 Å². The number of hydrogen-bond acceptors (Lipinski definition) is 1. The van der Waals surface area contributed by atoms with Gasteiger partial charge in [-0.25, -0.2) is 4.39 Å². The monoisotopic (exact) mass is 224 g/mol. The molecule has 0 saturated carbocycles. The van der Waals surface area contributed by atoms with Gasteiger partial charge in [-0.2, -0.15) is 13.5 Å². The molecule has 15 heavy (non-hydrogen) atoms. The van der Waals surface area contributed by atoms with Crippen molar-refractivity contribution >= 4 is 13.5 Å². The van der Waals surface area contributed by atoms with Crippen LogP contribution in [0.15, 0.2) is 60.7 Å². The van der Waals surface area contributed by atoms with E-state index in [1.54, 1.807) is 42.5 Å². The molecule has 0 aliphatic heterocycles. The minimum Gasteiger partial charge on any atom is -0.508 e. The van der Waals surface area contributed by atoms with E-state index in [0.717, 1.165) is 0 Å². The lowest BCUT2D eigenvalue weighted by molar-refractivity contribution is 0.475. The predicted molar refractivity (Wildman–Crippen MR) is 64.9 cm³/mol. The van der Waals surface area contributed by atoms with Gasteiger partial charge in [0.05, 0.1) is 0 Å². The van der Waals surface area contributed by atoms with Gasteiger partial charge in [-0.3, -0.25) is 0 Å². The van der Waals surface area contributed by atoms with E-state index in [1.165, 1.54) is 12.1 Å². The number of hydrogen-bond donors (Lipinski definition) is 1. The fraction of sp³-hybridized carbons (Fsp3) is 0. The van der Waals surface area contributed by atoms with Gasteiger partial charge in [-0.15, -0.1) is 0 Å². The third kappa shape index (κ3) is 6.57. The number of aromatic hydroxyl groups is 1. The molecule has 0 heterocycles. The molecule has 0 radical (unpaired) electrons. The molecule has 80 valence electrons. The zero-order chi connectivity index (χ0) is 10.2. The van der Waals surface area contributed by atoms with Crippen molar-refractivity contribution < 1.29 is 9.50 Å². The predicted octanol–water partition coefficient (Wildman–Crippen LogP) is 3.33. The van der Waals surface area contributed by atoms with Crippen molar-refractivity contribution in [2.24, 2.45) is 0 Å². The molecule has 0 aliphatic rings. The Hall–Kier alpha value is -1.48. The van der Waals surface area contributed by atoms with Crippen molar-refractivity contribution in [2.75, 3.05) is 0 Å². The molecule has 0 spiro atoms. The van der Waals surface area contributed by atoms with Crippen molar-refractivity contribution in [1.29, 1.82) is 0 Å². The van der Waals surface area contributed by atoms with Gasteiger partial charge in [0.2, 0.25) is 0 Å². The van der Waals surface area contributed by atoms with Crippen molar-refractivity contribution in [3.63, 3.8) is 0 Å². The summed E-state index contributed by atoms with van der Waals surface area (Å²) in [7, 11) is 0. The van der Waals surface area contributed by atoms with E-state index in [2.05, 4.69) is 0 Å². The highest BCUT2D eigenvalue weighted by Gasteiger charge is 1.77. The highest BCUT2D eigenvalue weighted by molar-refractivity contribution is 7.59. The fourth-order valence-electron chi connectivity index (χ4n) is 0.843. The molecule has 0 fully saturated rings. The quantitative estimate of drug-likeness (QED) is 0.727. The zero-order valence-corrected chi connectivity index (χ0v) is 9.10. The fourth-order valence-corrected chi connectivity index (χ4v) is 0.843. The molecule has 1 nitrogen and oxygen atoms in total. The number of rotatable bonds is 0. The molecule has 0 saturated heterocycles. The second kappa shape index (κ2) is 7.88. The Balaban J connectivity index is 0.000000245. The maximum Gasteiger partial charge on any atom is 0.123 e. The molecular weight excluding hydrogens is 211 g/mol. The summed E-state index contributed by atoms with van der Waals surface area (Å²) >= 11 is 0. The first-order chi connectivity index (χ1) is 6.79. The summed E-state index contributed by atoms with van der Waals surface area (Å²) < 4.78 is 11.9. The summed E-state index contributed by atoms with van der Waals surface area (Å²) in [5.74, 6) is 0.144. The van der Waals surface area contributed by atoms with Crippen LogP contribution >= 0.6 is 13.5 Å². The zero-order valence-electron chi connectivity index (χ0n) is 8.10. The summed E-state index contributed by atoms with van der Waals surface area (Å²) in [5, 5.41) is 8.63. The van der Waals surface area contributed by atoms with Gasteiger partial charge in [0.15, 0.2) is 0 Å². The average Bonchev–Trinajstić information content (AvgIpc) is 2.21. The van der Waals surface area contributed by atoms with Crippen LogP contribution in [0.2, 0.25) is 0 Å².